The standard InChI is InChI=1S/C20H22FN3O4S/c1-29(27,28)18-8-2-15(3-9-18)20(26)24-12-10-23(11-13-24)14-19(25)22-17-6-4-16(21)5-7-17/h2-9H,10-14H2,1H3,(H,22,25)/p+1. The summed E-state index contributed by atoms with van der Waals surface area (Å²) >= 11 is 0. The molecule has 1 fully saturated rings. The largest absolute Gasteiger partial charge is 0.327 e. The number of nitrogens with one attached hydrogen (secondary N) is 2. The average molecular weight is 420 g/mol. The Morgan fingerprint density at radius 3 is 2.17 bits per heavy atom. The first-order valence-corrected chi connectivity index (χ1v) is 11.1. The number of nitrogens with zero attached hydrogens (tertiary/aromatic N) is 1. The van der Waals surface area contributed by atoms with Crippen molar-refractivity contribution in [3.63, 3.8) is 0 Å². The summed E-state index contributed by atoms with van der Waals surface area (Å²) in [6.45, 7) is 2.54. The third-order valence-corrected chi connectivity index (χ3v) is 5.95. The van der Waals surface area contributed by atoms with E-state index in [2.05, 4.69) is 5.32 Å². The number of hydrogen-bond acceptors (Lipinski definition) is 4. The number of halogens is 1. The first-order chi connectivity index (χ1) is 13.7. The first-order valence-electron chi connectivity index (χ1n) is 9.21. The van der Waals surface area contributed by atoms with E-state index in [1.54, 1.807) is 4.90 Å². The van der Waals surface area contributed by atoms with Crippen LogP contribution in [0, 0.1) is 5.82 Å². The molecule has 1 saturated heterocycles. The molecule has 29 heavy (non-hydrogen) atoms. The molecule has 1 aliphatic heterocycles. The minimum absolute atomic E-state index is 0.153. The Labute approximate surface area is 169 Å². The molecule has 0 bridgehead atoms. The van der Waals surface area contributed by atoms with E-state index in [0.29, 0.717) is 37.4 Å². The molecular weight excluding hydrogens is 397 g/mol. The van der Waals surface area contributed by atoms with E-state index < -0.39 is 9.84 Å². The summed E-state index contributed by atoms with van der Waals surface area (Å²) in [5.41, 5.74) is 0.983. The van der Waals surface area contributed by atoms with Crippen LogP contribution in [0.1, 0.15) is 10.4 Å². The fourth-order valence-electron chi connectivity index (χ4n) is 3.20. The van der Waals surface area contributed by atoms with E-state index in [1.165, 1.54) is 48.5 Å². The normalized spacial score (nSPS) is 15.2. The van der Waals surface area contributed by atoms with Crippen LogP contribution in [-0.4, -0.2) is 64.1 Å². The van der Waals surface area contributed by atoms with Crippen LogP contribution in [0.25, 0.3) is 0 Å². The summed E-state index contributed by atoms with van der Waals surface area (Å²) in [5, 5.41) is 2.74. The van der Waals surface area contributed by atoms with E-state index in [4.69, 9.17) is 0 Å². The van der Waals surface area contributed by atoms with Crippen molar-refractivity contribution < 1.29 is 27.3 Å². The minimum atomic E-state index is -3.30. The molecular formula is C20H23FN3O4S+. The molecule has 1 aliphatic rings. The van der Waals surface area contributed by atoms with Crippen LogP contribution in [0.15, 0.2) is 53.4 Å². The quantitative estimate of drug-likeness (QED) is 0.724. The molecule has 2 amide bonds. The molecule has 154 valence electrons. The fraction of sp³-hybridized carbons (Fsp3) is 0.300. The second-order valence-electron chi connectivity index (χ2n) is 7.07. The Hall–Kier alpha value is -2.78. The van der Waals surface area contributed by atoms with Crippen LogP contribution in [0.3, 0.4) is 0 Å². The van der Waals surface area contributed by atoms with Gasteiger partial charge in [0.2, 0.25) is 0 Å². The Morgan fingerprint density at radius 1 is 1.03 bits per heavy atom. The summed E-state index contributed by atoms with van der Waals surface area (Å²) in [5.74, 6) is -0.678. The highest BCUT2D eigenvalue weighted by Gasteiger charge is 2.26. The summed E-state index contributed by atoms with van der Waals surface area (Å²) in [4.78, 5) is 27.7. The Kier molecular flexibility index (Phi) is 6.29. The lowest BCUT2D eigenvalue weighted by Gasteiger charge is -2.32. The number of anilines is 1. The minimum Gasteiger partial charge on any atom is -0.327 e. The van der Waals surface area contributed by atoms with Gasteiger partial charge in [0.05, 0.1) is 31.1 Å². The van der Waals surface area contributed by atoms with Crippen molar-refractivity contribution in [2.75, 3.05) is 44.3 Å². The lowest BCUT2D eigenvalue weighted by molar-refractivity contribution is -0.895. The average Bonchev–Trinajstić information content (AvgIpc) is 2.69. The highest BCUT2D eigenvalue weighted by atomic mass is 32.2. The van der Waals surface area contributed by atoms with Gasteiger partial charge in [-0.05, 0) is 48.5 Å². The molecule has 7 nitrogen and oxygen atoms in total. The number of quaternary nitrogens is 1. The van der Waals surface area contributed by atoms with Crippen molar-refractivity contribution in [2.24, 2.45) is 0 Å². The van der Waals surface area contributed by atoms with Gasteiger partial charge in [-0.25, -0.2) is 12.8 Å². The molecule has 2 aromatic carbocycles. The van der Waals surface area contributed by atoms with Gasteiger partial charge in [0.1, 0.15) is 5.82 Å². The van der Waals surface area contributed by atoms with E-state index >= 15 is 0 Å². The smallest absolute Gasteiger partial charge is 0.279 e. The van der Waals surface area contributed by atoms with Crippen molar-refractivity contribution in [1.82, 2.24) is 4.90 Å². The molecule has 0 radical (unpaired) electrons. The Morgan fingerprint density at radius 2 is 1.62 bits per heavy atom. The third-order valence-electron chi connectivity index (χ3n) is 4.83. The van der Waals surface area contributed by atoms with Crippen LogP contribution >= 0.6 is 0 Å². The van der Waals surface area contributed by atoms with Gasteiger partial charge >= 0.3 is 0 Å². The van der Waals surface area contributed by atoms with Crippen molar-refractivity contribution >= 4 is 27.3 Å². The maximum Gasteiger partial charge on any atom is 0.279 e. The molecule has 0 unspecified atom stereocenters. The second-order valence-corrected chi connectivity index (χ2v) is 9.09. The topological polar surface area (TPSA) is 88.0 Å². The van der Waals surface area contributed by atoms with Gasteiger partial charge in [0.25, 0.3) is 11.8 Å². The van der Waals surface area contributed by atoms with Gasteiger partial charge in [0.15, 0.2) is 16.4 Å². The molecule has 9 heteroatoms. The van der Waals surface area contributed by atoms with E-state index in [-0.39, 0.29) is 29.1 Å². The summed E-state index contributed by atoms with van der Waals surface area (Å²) in [6.07, 6.45) is 1.12. The van der Waals surface area contributed by atoms with Gasteiger partial charge in [-0.1, -0.05) is 0 Å². The van der Waals surface area contributed by atoms with Gasteiger partial charge in [-0.2, -0.15) is 0 Å². The van der Waals surface area contributed by atoms with E-state index in [9.17, 15) is 22.4 Å². The third kappa shape index (κ3) is 5.61. The molecule has 2 N–H and O–H groups in total. The van der Waals surface area contributed by atoms with E-state index in [0.717, 1.165) is 11.2 Å². The van der Waals surface area contributed by atoms with Gasteiger partial charge in [0, 0.05) is 17.5 Å². The van der Waals surface area contributed by atoms with Crippen LogP contribution in [-0.2, 0) is 14.6 Å². The van der Waals surface area contributed by atoms with Gasteiger partial charge < -0.3 is 15.1 Å². The molecule has 2 aromatic rings. The first kappa shape index (κ1) is 20.9. The molecule has 0 saturated carbocycles. The number of carbonyl (C=O) groups is 2. The molecule has 3 rings (SSSR count). The molecule has 0 atom stereocenters. The maximum absolute atomic E-state index is 12.9. The Bertz CT molecular complexity index is 983. The highest BCUT2D eigenvalue weighted by molar-refractivity contribution is 7.90. The molecule has 1 heterocycles. The van der Waals surface area contributed by atoms with Gasteiger partial charge in [-0.15, -0.1) is 0 Å². The number of amides is 2. The molecule has 0 aromatic heterocycles. The van der Waals surface area contributed by atoms with Crippen LogP contribution < -0.4 is 10.2 Å². The van der Waals surface area contributed by atoms with Crippen molar-refractivity contribution in [2.45, 2.75) is 4.90 Å². The van der Waals surface area contributed by atoms with Crippen molar-refractivity contribution in [3.05, 3.63) is 59.9 Å². The summed E-state index contributed by atoms with van der Waals surface area (Å²) in [7, 11) is -3.30. The monoisotopic (exact) mass is 420 g/mol. The zero-order valence-corrected chi connectivity index (χ0v) is 16.8. The number of piperazine rings is 1. The van der Waals surface area contributed by atoms with Crippen LogP contribution in [0.4, 0.5) is 10.1 Å². The Balaban J connectivity index is 1.50. The number of hydrogen-bond donors (Lipinski definition) is 2. The predicted octanol–water partition coefficient (Wildman–Crippen LogP) is 0.209. The lowest BCUT2D eigenvalue weighted by Crippen LogP contribution is -3.15. The van der Waals surface area contributed by atoms with Crippen LogP contribution in [0.5, 0.6) is 0 Å². The SMILES string of the molecule is CS(=O)(=O)c1ccc(C(=O)N2CC[NH+](CC(=O)Nc3ccc(F)cc3)CC2)cc1. The highest BCUT2D eigenvalue weighted by Crippen LogP contribution is 2.12. The van der Waals surface area contributed by atoms with Gasteiger partial charge in [-0.3, -0.25) is 9.59 Å². The van der Waals surface area contributed by atoms with E-state index in [1.807, 2.05) is 0 Å². The van der Waals surface area contributed by atoms with Crippen LogP contribution in [0.2, 0.25) is 0 Å². The zero-order chi connectivity index (χ0) is 21.0. The number of rotatable bonds is 5. The number of sulfone groups is 1. The number of benzene rings is 2. The maximum atomic E-state index is 12.9. The zero-order valence-electron chi connectivity index (χ0n) is 16.0. The summed E-state index contributed by atoms with van der Waals surface area (Å²) < 4.78 is 36.0. The fourth-order valence-corrected chi connectivity index (χ4v) is 3.83. The predicted molar refractivity (Wildman–Crippen MR) is 106 cm³/mol. The molecule has 0 aliphatic carbocycles. The second kappa shape index (κ2) is 8.71. The molecule has 0 spiro atoms. The van der Waals surface area contributed by atoms with Crippen molar-refractivity contribution in [1.29, 1.82) is 0 Å². The lowest BCUT2D eigenvalue weighted by atomic mass is 10.2. The van der Waals surface area contributed by atoms with Crippen molar-refractivity contribution in [3.8, 4) is 0 Å². The summed E-state index contributed by atoms with van der Waals surface area (Å²) in [6, 6.07) is 11.5. The number of carbonyl (C=O) groups excluding carboxylic acids is 2.